The maximum atomic E-state index is 13.2. The van der Waals surface area contributed by atoms with Gasteiger partial charge in [0, 0.05) is 29.5 Å². The second-order valence-electron chi connectivity index (χ2n) is 6.79. The van der Waals surface area contributed by atoms with Crippen molar-refractivity contribution in [3.63, 3.8) is 0 Å². The van der Waals surface area contributed by atoms with Crippen LogP contribution >= 0.6 is 23.4 Å². The molecule has 0 aliphatic rings. The molecule has 0 N–H and O–H groups in total. The Hall–Kier alpha value is -2.41. The number of aromatic nitrogens is 3. The minimum atomic E-state index is -0.132. The molecular weight excluding hydrogens is 406 g/mol. The Morgan fingerprint density at radius 1 is 1.14 bits per heavy atom. The van der Waals surface area contributed by atoms with E-state index < -0.39 is 0 Å². The summed E-state index contributed by atoms with van der Waals surface area (Å²) >= 11 is 7.83. The van der Waals surface area contributed by atoms with Crippen LogP contribution < -0.4 is 5.56 Å². The topological polar surface area (TPSA) is 57.0 Å². The van der Waals surface area contributed by atoms with Gasteiger partial charge in [0.25, 0.3) is 5.56 Å². The molecular formula is C22H20ClN3O2S. The highest BCUT2D eigenvalue weighted by Gasteiger charge is 2.17. The van der Waals surface area contributed by atoms with Crippen LogP contribution in [0.1, 0.15) is 18.5 Å². The summed E-state index contributed by atoms with van der Waals surface area (Å²) in [5.74, 6) is 0.620. The molecule has 4 rings (SSSR count). The van der Waals surface area contributed by atoms with Gasteiger partial charge in [-0.1, -0.05) is 41.6 Å². The minimum Gasteiger partial charge on any atom is -0.383 e. The molecule has 2 aromatic carbocycles. The van der Waals surface area contributed by atoms with E-state index in [-0.39, 0.29) is 11.6 Å². The first-order chi connectivity index (χ1) is 14.1. The lowest BCUT2D eigenvalue weighted by atomic mass is 10.1. The van der Waals surface area contributed by atoms with Crippen LogP contribution in [0.5, 0.6) is 0 Å². The van der Waals surface area contributed by atoms with Crippen molar-refractivity contribution >= 4 is 45.2 Å². The lowest BCUT2D eigenvalue weighted by Crippen LogP contribution is -2.28. The van der Waals surface area contributed by atoms with E-state index in [9.17, 15) is 4.79 Å². The van der Waals surface area contributed by atoms with Crippen molar-refractivity contribution in [1.29, 1.82) is 0 Å². The summed E-state index contributed by atoms with van der Waals surface area (Å²) in [5.41, 5.74) is 2.55. The Bertz CT molecular complexity index is 1240. The third-order valence-electron chi connectivity index (χ3n) is 4.78. The molecule has 1 atom stereocenters. The van der Waals surface area contributed by atoms with Gasteiger partial charge in [0.2, 0.25) is 0 Å². The zero-order valence-electron chi connectivity index (χ0n) is 16.1. The number of hydrogen-bond donors (Lipinski definition) is 0. The van der Waals surface area contributed by atoms with Crippen LogP contribution in [-0.4, -0.2) is 28.3 Å². The van der Waals surface area contributed by atoms with E-state index in [0.29, 0.717) is 33.4 Å². The van der Waals surface area contributed by atoms with Crippen LogP contribution in [0.25, 0.3) is 21.8 Å². The van der Waals surface area contributed by atoms with E-state index in [2.05, 4.69) is 4.98 Å². The summed E-state index contributed by atoms with van der Waals surface area (Å²) in [7, 11) is 1.63. The standard InChI is InChI=1S/C22H20ClN3O2S/c1-14(12-28-2)26-21(27)17-6-3-4-8-19(17)25-22(26)29-13-15-9-10-18(23)16-7-5-11-24-20(15)16/h3-11,14H,12-13H2,1-2H3. The second-order valence-corrected chi connectivity index (χ2v) is 8.14. The fraction of sp³-hybridized carbons (Fsp3) is 0.227. The van der Waals surface area contributed by atoms with E-state index in [1.807, 2.05) is 55.5 Å². The number of halogens is 1. The lowest BCUT2D eigenvalue weighted by molar-refractivity contribution is 0.156. The maximum Gasteiger partial charge on any atom is 0.262 e. The second kappa shape index (κ2) is 8.53. The molecule has 0 radical (unpaired) electrons. The van der Waals surface area contributed by atoms with E-state index in [4.69, 9.17) is 21.3 Å². The fourth-order valence-electron chi connectivity index (χ4n) is 3.39. The molecule has 2 heterocycles. The molecule has 7 heteroatoms. The highest BCUT2D eigenvalue weighted by atomic mass is 35.5. The third kappa shape index (κ3) is 3.88. The van der Waals surface area contributed by atoms with Crippen molar-refractivity contribution in [2.45, 2.75) is 23.9 Å². The van der Waals surface area contributed by atoms with Crippen molar-refractivity contribution in [3.8, 4) is 0 Å². The van der Waals surface area contributed by atoms with Crippen molar-refractivity contribution in [2.75, 3.05) is 13.7 Å². The molecule has 148 valence electrons. The highest BCUT2D eigenvalue weighted by Crippen LogP contribution is 2.30. The number of hydrogen-bond acceptors (Lipinski definition) is 5. The van der Waals surface area contributed by atoms with Gasteiger partial charge in [-0.2, -0.15) is 0 Å². The summed E-state index contributed by atoms with van der Waals surface area (Å²) in [4.78, 5) is 22.4. The average Bonchev–Trinajstić information content (AvgIpc) is 2.74. The molecule has 0 spiro atoms. The first-order valence-corrected chi connectivity index (χ1v) is 10.6. The first kappa shape index (κ1) is 19.9. The average molecular weight is 426 g/mol. The van der Waals surface area contributed by atoms with Gasteiger partial charge in [-0.15, -0.1) is 0 Å². The molecule has 5 nitrogen and oxygen atoms in total. The van der Waals surface area contributed by atoms with Crippen molar-refractivity contribution in [3.05, 3.63) is 75.7 Å². The van der Waals surface area contributed by atoms with Crippen LogP contribution in [0.15, 0.2) is 64.7 Å². The van der Waals surface area contributed by atoms with Crippen LogP contribution in [-0.2, 0) is 10.5 Å². The third-order valence-corrected chi connectivity index (χ3v) is 6.11. The Kier molecular flexibility index (Phi) is 5.85. The SMILES string of the molecule is COCC(C)n1c(SCc2ccc(Cl)c3cccnc23)nc2ccccc2c1=O. The Labute approximate surface area is 177 Å². The van der Waals surface area contributed by atoms with E-state index in [0.717, 1.165) is 16.5 Å². The molecule has 0 amide bonds. The number of pyridine rings is 1. The first-order valence-electron chi connectivity index (χ1n) is 9.25. The molecule has 0 bridgehead atoms. The number of methoxy groups -OCH3 is 1. The van der Waals surface area contributed by atoms with Gasteiger partial charge in [0.05, 0.1) is 29.1 Å². The molecule has 0 saturated carbocycles. The van der Waals surface area contributed by atoms with Crippen molar-refractivity contribution in [2.24, 2.45) is 0 Å². The number of rotatable bonds is 6. The van der Waals surface area contributed by atoms with Crippen LogP contribution in [0.3, 0.4) is 0 Å². The van der Waals surface area contributed by atoms with Gasteiger partial charge in [-0.05, 0) is 42.8 Å². The van der Waals surface area contributed by atoms with Gasteiger partial charge in [-0.3, -0.25) is 14.3 Å². The predicted molar refractivity (Wildman–Crippen MR) is 119 cm³/mol. The predicted octanol–water partition coefficient (Wildman–Crippen LogP) is 5.10. The van der Waals surface area contributed by atoms with Gasteiger partial charge >= 0.3 is 0 Å². The monoisotopic (exact) mass is 425 g/mol. The number of para-hydroxylation sites is 1. The summed E-state index contributed by atoms with van der Waals surface area (Å²) in [6.07, 6.45) is 1.76. The minimum absolute atomic E-state index is 0.0539. The quantitative estimate of drug-likeness (QED) is 0.318. The summed E-state index contributed by atoms with van der Waals surface area (Å²) in [6, 6.07) is 15.0. The Balaban J connectivity index is 1.77. The van der Waals surface area contributed by atoms with E-state index >= 15 is 0 Å². The summed E-state index contributed by atoms with van der Waals surface area (Å²) < 4.78 is 7.02. The highest BCUT2D eigenvalue weighted by molar-refractivity contribution is 7.98. The molecule has 4 aromatic rings. The van der Waals surface area contributed by atoms with Crippen molar-refractivity contribution in [1.82, 2.24) is 14.5 Å². The Morgan fingerprint density at radius 3 is 2.76 bits per heavy atom. The molecule has 29 heavy (non-hydrogen) atoms. The van der Waals surface area contributed by atoms with Crippen LogP contribution in [0.4, 0.5) is 0 Å². The molecule has 0 aliphatic carbocycles. The Morgan fingerprint density at radius 2 is 1.93 bits per heavy atom. The number of benzene rings is 2. The van der Waals surface area contributed by atoms with E-state index in [1.54, 1.807) is 17.9 Å². The number of thioether (sulfide) groups is 1. The largest absolute Gasteiger partial charge is 0.383 e. The number of ether oxygens (including phenoxy) is 1. The normalized spacial score (nSPS) is 12.5. The smallest absolute Gasteiger partial charge is 0.262 e. The summed E-state index contributed by atoms with van der Waals surface area (Å²) in [6.45, 7) is 2.39. The van der Waals surface area contributed by atoms with Gasteiger partial charge in [0.15, 0.2) is 5.16 Å². The number of nitrogens with zero attached hydrogens (tertiary/aromatic N) is 3. The molecule has 1 unspecified atom stereocenters. The lowest BCUT2D eigenvalue weighted by Gasteiger charge is -2.19. The van der Waals surface area contributed by atoms with E-state index in [1.165, 1.54) is 11.8 Å². The van der Waals surface area contributed by atoms with Crippen molar-refractivity contribution < 1.29 is 4.74 Å². The van der Waals surface area contributed by atoms with Crippen LogP contribution in [0, 0.1) is 0 Å². The zero-order chi connectivity index (χ0) is 20.4. The van der Waals surface area contributed by atoms with Gasteiger partial charge < -0.3 is 4.74 Å². The van der Waals surface area contributed by atoms with Gasteiger partial charge in [-0.25, -0.2) is 4.98 Å². The molecule has 0 fully saturated rings. The number of fused-ring (bicyclic) bond motifs is 2. The fourth-order valence-corrected chi connectivity index (χ4v) is 4.68. The zero-order valence-corrected chi connectivity index (χ0v) is 17.7. The molecule has 0 aliphatic heterocycles. The van der Waals surface area contributed by atoms with Crippen LogP contribution in [0.2, 0.25) is 5.02 Å². The summed E-state index contributed by atoms with van der Waals surface area (Å²) in [5, 5.41) is 2.87. The molecule has 2 aromatic heterocycles. The molecule has 0 saturated heterocycles. The maximum absolute atomic E-state index is 13.2. The van der Waals surface area contributed by atoms with Gasteiger partial charge in [0.1, 0.15) is 0 Å².